The van der Waals surface area contributed by atoms with Crippen LogP contribution < -0.4 is 5.32 Å². The van der Waals surface area contributed by atoms with Crippen molar-refractivity contribution in [3.63, 3.8) is 0 Å². The Hall–Kier alpha value is -2.40. The SMILES string of the molecule is Cc1ccc(C(=O)OCC(=O)Nc2ccc(Cl)cc2C)cn1. The summed E-state index contributed by atoms with van der Waals surface area (Å²) >= 11 is 5.85. The zero-order valence-electron chi connectivity index (χ0n) is 12.2. The molecule has 0 aliphatic rings. The second-order valence-corrected chi connectivity index (χ2v) is 5.21. The summed E-state index contributed by atoms with van der Waals surface area (Å²) in [7, 11) is 0. The van der Waals surface area contributed by atoms with Crippen LogP contribution in [-0.2, 0) is 9.53 Å². The minimum Gasteiger partial charge on any atom is -0.452 e. The molecule has 0 saturated carbocycles. The molecule has 2 aromatic rings. The molecule has 0 radical (unpaired) electrons. The van der Waals surface area contributed by atoms with Crippen molar-refractivity contribution in [2.24, 2.45) is 0 Å². The van der Waals surface area contributed by atoms with Crippen LogP contribution in [0.1, 0.15) is 21.6 Å². The lowest BCUT2D eigenvalue weighted by atomic mass is 10.2. The predicted octanol–water partition coefficient (Wildman–Crippen LogP) is 3.15. The van der Waals surface area contributed by atoms with Crippen LogP contribution in [0, 0.1) is 13.8 Å². The molecular formula is C16H15ClN2O3. The summed E-state index contributed by atoms with van der Waals surface area (Å²) in [4.78, 5) is 27.6. The number of nitrogens with zero attached hydrogens (tertiary/aromatic N) is 1. The van der Waals surface area contributed by atoms with E-state index < -0.39 is 11.9 Å². The van der Waals surface area contributed by atoms with Crippen molar-refractivity contribution in [2.75, 3.05) is 11.9 Å². The van der Waals surface area contributed by atoms with Gasteiger partial charge in [0, 0.05) is 22.6 Å². The van der Waals surface area contributed by atoms with Crippen molar-refractivity contribution in [3.8, 4) is 0 Å². The second-order valence-electron chi connectivity index (χ2n) is 4.77. The molecule has 1 amide bonds. The van der Waals surface area contributed by atoms with E-state index >= 15 is 0 Å². The Morgan fingerprint density at radius 3 is 2.64 bits per heavy atom. The molecule has 1 aromatic heterocycles. The number of aryl methyl sites for hydroxylation is 2. The molecule has 5 nitrogen and oxygen atoms in total. The van der Waals surface area contributed by atoms with Crippen LogP contribution in [0.5, 0.6) is 0 Å². The van der Waals surface area contributed by atoms with Crippen LogP contribution in [0.15, 0.2) is 36.5 Å². The average Bonchev–Trinajstić information content (AvgIpc) is 2.48. The van der Waals surface area contributed by atoms with Gasteiger partial charge in [0.25, 0.3) is 5.91 Å². The third-order valence-corrected chi connectivity index (χ3v) is 3.18. The Kier molecular flexibility index (Phi) is 5.12. The number of rotatable bonds is 4. The summed E-state index contributed by atoms with van der Waals surface area (Å²) in [5, 5.41) is 3.25. The van der Waals surface area contributed by atoms with Gasteiger partial charge >= 0.3 is 5.97 Å². The lowest BCUT2D eigenvalue weighted by Gasteiger charge is -2.09. The third-order valence-electron chi connectivity index (χ3n) is 2.94. The van der Waals surface area contributed by atoms with Gasteiger partial charge in [0.1, 0.15) is 0 Å². The molecule has 2 rings (SSSR count). The van der Waals surface area contributed by atoms with E-state index in [1.165, 1.54) is 6.20 Å². The van der Waals surface area contributed by atoms with Crippen LogP contribution in [0.2, 0.25) is 5.02 Å². The molecule has 0 aliphatic heterocycles. The first-order valence-corrected chi connectivity index (χ1v) is 6.99. The van der Waals surface area contributed by atoms with E-state index in [1.807, 2.05) is 13.8 Å². The first-order chi connectivity index (χ1) is 10.5. The summed E-state index contributed by atoms with van der Waals surface area (Å²) < 4.78 is 4.95. The highest BCUT2D eigenvalue weighted by molar-refractivity contribution is 6.30. The first kappa shape index (κ1) is 16.0. The molecular weight excluding hydrogens is 304 g/mol. The van der Waals surface area contributed by atoms with E-state index in [0.717, 1.165) is 11.3 Å². The van der Waals surface area contributed by atoms with Crippen LogP contribution >= 0.6 is 11.6 Å². The molecule has 0 fully saturated rings. The molecule has 1 aromatic carbocycles. The molecule has 114 valence electrons. The third kappa shape index (κ3) is 4.30. The number of carbonyl (C=O) groups is 2. The number of nitrogens with one attached hydrogen (secondary N) is 1. The monoisotopic (exact) mass is 318 g/mol. The smallest absolute Gasteiger partial charge is 0.340 e. The quantitative estimate of drug-likeness (QED) is 0.879. The van der Waals surface area contributed by atoms with Crippen molar-refractivity contribution < 1.29 is 14.3 Å². The standard InChI is InChI=1S/C16H15ClN2O3/c1-10-7-13(17)5-6-14(10)19-15(20)9-22-16(21)12-4-3-11(2)18-8-12/h3-8H,9H2,1-2H3,(H,19,20). The molecule has 0 spiro atoms. The average molecular weight is 319 g/mol. The summed E-state index contributed by atoms with van der Waals surface area (Å²) in [5.74, 6) is -1.01. The Balaban J connectivity index is 1.89. The fourth-order valence-corrected chi connectivity index (χ4v) is 1.98. The summed E-state index contributed by atoms with van der Waals surface area (Å²) in [6.07, 6.45) is 1.42. The predicted molar refractivity (Wildman–Crippen MR) is 84.1 cm³/mol. The molecule has 0 saturated heterocycles. The van der Waals surface area contributed by atoms with Gasteiger partial charge in [-0.1, -0.05) is 11.6 Å². The first-order valence-electron chi connectivity index (χ1n) is 6.61. The largest absolute Gasteiger partial charge is 0.452 e. The van der Waals surface area contributed by atoms with E-state index in [2.05, 4.69) is 10.3 Å². The number of ether oxygens (including phenoxy) is 1. The summed E-state index contributed by atoms with van der Waals surface area (Å²) in [6, 6.07) is 8.41. The second kappa shape index (κ2) is 7.04. The van der Waals surface area contributed by atoms with Gasteiger partial charge in [-0.3, -0.25) is 9.78 Å². The number of pyridine rings is 1. The molecule has 1 N–H and O–H groups in total. The van der Waals surface area contributed by atoms with E-state index in [0.29, 0.717) is 16.3 Å². The van der Waals surface area contributed by atoms with Crippen LogP contribution in [0.4, 0.5) is 5.69 Å². The highest BCUT2D eigenvalue weighted by Gasteiger charge is 2.11. The fourth-order valence-electron chi connectivity index (χ4n) is 1.76. The highest BCUT2D eigenvalue weighted by atomic mass is 35.5. The Morgan fingerprint density at radius 2 is 2.00 bits per heavy atom. The fraction of sp³-hybridized carbons (Fsp3) is 0.188. The molecule has 0 unspecified atom stereocenters. The number of anilines is 1. The van der Waals surface area contributed by atoms with Gasteiger partial charge in [-0.05, 0) is 49.7 Å². The van der Waals surface area contributed by atoms with E-state index in [-0.39, 0.29) is 6.61 Å². The minimum absolute atomic E-state index is 0.307. The number of aromatic nitrogens is 1. The van der Waals surface area contributed by atoms with Crippen molar-refractivity contribution in [1.29, 1.82) is 0 Å². The number of hydrogen-bond donors (Lipinski definition) is 1. The normalized spacial score (nSPS) is 10.1. The number of carbonyl (C=O) groups excluding carboxylic acids is 2. The molecule has 0 aliphatic carbocycles. The maximum absolute atomic E-state index is 11.8. The Labute approximate surface area is 133 Å². The minimum atomic E-state index is -0.588. The van der Waals surface area contributed by atoms with Crippen LogP contribution in [0.3, 0.4) is 0 Å². The van der Waals surface area contributed by atoms with Gasteiger partial charge in [-0.15, -0.1) is 0 Å². The molecule has 1 heterocycles. The van der Waals surface area contributed by atoms with Crippen LogP contribution in [0.25, 0.3) is 0 Å². The van der Waals surface area contributed by atoms with Gasteiger partial charge in [0.15, 0.2) is 6.61 Å². The lowest BCUT2D eigenvalue weighted by Crippen LogP contribution is -2.21. The Morgan fingerprint density at radius 1 is 1.23 bits per heavy atom. The highest BCUT2D eigenvalue weighted by Crippen LogP contribution is 2.19. The maximum atomic E-state index is 11.8. The molecule has 0 bridgehead atoms. The van der Waals surface area contributed by atoms with Crippen LogP contribution in [-0.4, -0.2) is 23.5 Å². The van der Waals surface area contributed by atoms with Crippen molar-refractivity contribution in [3.05, 3.63) is 58.4 Å². The number of benzene rings is 1. The zero-order chi connectivity index (χ0) is 16.1. The number of esters is 1. The molecule has 6 heteroatoms. The van der Waals surface area contributed by atoms with Gasteiger partial charge in [-0.25, -0.2) is 4.79 Å². The van der Waals surface area contributed by atoms with E-state index in [9.17, 15) is 9.59 Å². The number of hydrogen-bond acceptors (Lipinski definition) is 4. The van der Waals surface area contributed by atoms with Gasteiger partial charge < -0.3 is 10.1 Å². The van der Waals surface area contributed by atoms with Gasteiger partial charge in [-0.2, -0.15) is 0 Å². The van der Waals surface area contributed by atoms with Gasteiger partial charge in [0.05, 0.1) is 5.56 Å². The summed E-state index contributed by atoms with van der Waals surface area (Å²) in [5.41, 5.74) is 2.56. The summed E-state index contributed by atoms with van der Waals surface area (Å²) in [6.45, 7) is 3.28. The Bertz CT molecular complexity index is 699. The maximum Gasteiger partial charge on any atom is 0.340 e. The van der Waals surface area contributed by atoms with E-state index in [4.69, 9.17) is 16.3 Å². The lowest BCUT2D eigenvalue weighted by molar-refractivity contribution is -0.119. The van der Waals surface area contributed by atoms with E-state index in [1.54, 1.807) is 30.3 Å². The molecule has 22 heavy (non-hydrogen) atoms. The van der Waals surface area contributed by atoms with Crippen molar-refractivity contribution in [1.82, 2.24) is 4.98 Å². The van der Waals surface area contributed by atoms with Crippen molar-refractivity contribution in [2.45, 2.75) is 13.8 Å². The van der Waals surface area contributed by atoms with Gasteiger partial charge in [0.2, 0.25) is 0 Å². The topological polar surface area (TPSA) is 68.3 Å². The van der Waals surface area contributed by atoms with Crippen molar-refractivity contribution >= 4 is 29.2 Å². The molecule has 0 atom stereocenters. The number of halogens is 1. The zero-order valence-corrected chi connectivity index (χ0v) is 13.0. The number of amides is 1.